The molecule has 0 radical (unpaired) electrons. The molecule has 0 spiro atoms. The number of hydrogen-bond donors (Lipinski definition) is 1. The van der Waals surface area contributed by atoms with Crippen LogP contribution in [-0.4, -0.2) is 16.8 Å². The van der Waals surface area contributed by atoms with E-state index in [0.717, 1.165) is 22.6 Å². The lowest BCUT2D eigenvalue weighted by molar-refractivity contribution is -0.118. The van der Waals surface area contributed by atoms with E-state index in [-0.39, 0.29) is 11.7 Å². The van der Waals surface area contributed by atoms with Gasteiger partial charge in [0.1, 0.15) is 23.1 Å². The Labute approximate surface area is 167 Å². The van der Waals surface area contributed by atoms with E-state index in [1.54, 1.807) is 12.1 Å². The first-order valence-corrected chi connectivity index (χ1v) is 9.95. The summed E-state index contributed by atoms with van der Waals surface area (Å²) in [5.41, 5.74) is 2.89. The summed E-state index contributed by atoms with van der Waals surface area (Å²) in [6.45, 7) is 4.22. The van der Waals surface area contributed by atoms with Crippen molar-refractivity contribution in [3.05, 3.63) is 76.9 Å². The van der Waals surface area contributed by atoms with Gasteiger partial charge in [0.05, 0.1) is 11.4 Å². The molecule has 1 heterocycles. The first kappa shape index (κ1) is 19.9. The van der Waals surface area contributed by atoms with E-state index in [2.05, 4.69) is 10.5 Å². The van der Waals surface area contributed by atoms with Gasteiger partial charge in [-0.2, -0.15) is 0 Å². The second-order valence-corrected chi connectivity index (χ2v) is 7.26. The molecule has 3 aromatic rings. The van der Waals surface area contributed by atoms with E-state index < -0.39 is 0 Å². The molecule has 1 aromatic heterocycles. The summed E-state index contributed by atoms with van der Waals surface area (Å²) in [6, 6.07) is 13.2. The van der Waals surface area contributed by atoms with Gasteiger partial charge in [-0.25, -0.2) is 4.39 Å². The minimum atomic E-state index is -0.302. The molecule has 0 saturated carbocycles. The molecule has 0 aliphatic carbocycles. The summed E-state index contributed by atoms with van der Waals surface area (Å²) in [6.07, 6.45) is 0. The summed E-state index contributed by atoms with van der Waals surface area (Å²) in [4.78, 5) is 12.0. The van der Waals surface area contributed by atoms with Crippen molar-refractivity contribution in [3.63, 3.8) is 0 Å². The van der Waals surface area contributed by atoms with Gasteiger partial charge < -0.3 is 14.6 Å². The van der Waals surface area contributed by atoms with Crippen LogP contribution in [-0.2, 0) is 17.1 Å². The van der Waals surface area contributed by atoms with Crippen LogP contribution < -0.4 is 10.1 Å². The van der Waals surface area contributed by atoms with Gasteiger partial charge in [0, 0.05) is 17.9 Å². The third kappa shape index (κ3) is 5.60. The summed E-state index contributed by atoms with van der Waals surface area (Å²) in [5.74, 6) is 2.76. The van der Waals surface area contributed by atoms with Crippen LogP contribution >= 0.6 is 11.8 Å². The highest BCUT2D eigenvalue weighted by molar-refractivity contribution is 7.99. The highest BCUT2D eigenvalue weighted by Crippen LogP contribution is 2.22. The van der Waals surface area contributed by atoms with Crippen molar-refractivity contribution in [3.8, 4) is 11.5 Å². The normalized spacial score (nSPS) is 10.7. The van der Waals surface area contributed by atoms with Gasteiger partial charge in [0.2, 0.25) is 5.91 Å². The molecular formula is C21H21FN2O3S. The number of nitrogens with one attached hydrogen (secondary N) is 1. The highest BCUT2D eigenvalue weighted by atomic mass is 32.2. The van der Waals surface area contributed by atoms with E-state index in [9.17, 15) is 9.18 Å². The molecule has 0 fully saturated rings. The Balaban J connectivity index is 1.41. The Morgan fingerprint density at radius 3 is 2.36 bits per heavy atom. The lowest BCUT2D eigenvalue weighted by Gasteiger charge is -2.08. The molecule has 0 aliphatic rings. The average Bonchev–Trinajstić information content (AvgIpc) is 3.01. The maximum Gasteiger partial charge on any atom is 0.230 e. The summed E-state index contributed by atoms with van der Waals surface area (Å²) in [7, 11) is 0. The highest BCUT2D eigenvalue weighted by Gasteiger charge is 2.10. The Kier molecular flexibility index (Phi) is 6.71. The SMILES string of the molecule is Cc1noc(C)c1CSCC(=O)NCc1ccc(Oc2ccc(F)cc2)cc1. The number of halogens is 1. The number of carbonyl (C=O) groups excluding carboxylic acids is 1. The molecule has 0 unspecified atom stereocenters. The molecule has 3 rings (SSSR count). The quantitative estimate of drug-likeness (QED) is 0.590. The molecule has 1 N–H and O–H groups in total. The summed E-state index contributed by atoms with van der Waals surface area (Å²) >= 11 is 1.53. The van der Waals surface area contributed by atoms with Gasteiger partial charge in [0.15, 0.2) is 0 Å². The zero-order chi connectivity index (χ0) is 19.9. The molecular weight excluding hydrogens is 379 g/mol. The lowest BCUT2D eigenvalue weighted by Crippen LogP contribution is -2.24. The second kappa shape index (κ2) is 9.41. The third-order valence-corrected chi connectivity index (χ3v) is 5.08. The predicted molar refractivity (Wildman–Crippen MR) is 107 cm³/mol. The monoisotopic (exact) mass is 400 g/mol. The Hall–Kier alpha value is -2.80. The molecule has 0 aliphatic heterocycles. The van der Waals surface area contributed by atoms with Crippen LogP contribution in [0.4, 0.5) is 4.39 Å². The number of aryl methyl sites for hydroxylation is 2. The van der Waals surface area contributed by atoms with Crippen molar-refractivity contribution in [1.82, 2.24) is 10.5 Å². The minimum Gasteiger partial charge on any atom is -0.457 e. The van der Waals surface area contributed by atoms with E-state index in [0.29, 0.717) is 29.5 Å². The van der Waals surface area contributed by atoms with Crippen molar-refractivity contribution in [2.75, 3.05) is 5.75 Å². The number of ether oxygens (including phenoxy) is 1. The molecule has 0 bridgehead atoms. The Morgan fingerprint density at radius 1 is 1.11 bits per heavy atom. The van der Waals surface area contributed by atoms with Gasteiger partial charge in [0.25, 0.3) is 0 Å². The summed E-state index contributed by atoms with van der Waals surface area (Å²) in [5, 5.41) is 6.81. The van der Waals surface area contributed by atoms with Gasteiger partial charge in [-0.05, 0) is 55.8 Å². The van der Waals surface area contributed by atoms with Crippen LogP contribution in [0.5, 0.6) is 11.5 Å². The minimum absolute atomic E-state index is 0.0246. The van der Waals surface area contributed by atoms with Crippen molar-refractivity contribution in [2.24, 2.45) is 0 Å². The standard InChI is InChI=1S/C21H21FN2O3S/c1-14-20(15(2)27-24-14)12-28-13-21(25)23-11-16-3-7-18(8-4-16)26-19-9-5-17(22)6-10-19/h3-10H,11-13H2,1-2H3,(H,23,25). The Morgan fingerprint density at radius 2 is 1.75 bits per heavy atom. The second-order valence-electron chi connectivity index (χ2n) is 6.27. The first-order chi connectivity index (χ1) is 13.5. The Bertz CT molecular complexity index is 904. The van der Waals surface area contributed by atoms with E-state index in [1.165, 1.54) is 23.9 Å². The van der Waals surface area contributed by atoms with Crippen LogP contribution in [0.1, 0.15) is 22.6 Å². The molecule has 7 heteroatoms. The van der Waals surface area contributed by atoms with Gasteiger partial charge in [-0.3, -0.25) is 4.79 Å². The maximum absolute atomic E-state index is 12.9. The van der Waals surface area contributed by atoms with Crippen molar-refractivity contribution >= 4 is 17.7 Å². The molecule has 0 saturated heterocycles. The first-order valence-electron chi connectivity index (χ1n) is 8.80. The lowest BCUT2D eigenvalue weighted by atomic mass is 10.2. The number of nitrogens with zero attached hydrogens (tertiary/aromatic N) is 1. The average molecular weight is 400 g/mol. The molecule has 1 amide bonds. The maximum atomic E-state index is 12.9. The number of carbonyl (C=O) groups is 1. The molecule has 0 atom stereocenters. The van der Waals surface area contributed by atoms with Gasteiger partial charge in [-0.1, -0.05) is 17.3 Å². The van der Waals surface area contributed by atoms with Crippen LogP contribution in [0.15, 0.2) is 53.1 Å². The largest absolute Gasteiger partial charge is 0.457 e. The number of hydrogen-bond acceptors (Lipinski definition) is 5. The van der Waals surface area contributed by atoms with Gasteiger partial charge >= 0.3 is 0 Å². The van der Waals surface area contributed by atoms with Crippen LogP contribution in [0.25, 0.3) is 0 Å². The van der Waals surface area contributed by atoms with E-state index >= 15 is 0 Å². The predicted octanol–water partition coefficient (Wildman–Crippen LogP) is 4.77. The fourth-order valence-corrected chi connectivity index (χ4v) is 3.53. The zero-order valence-corrected chi connectivity index (χ0v) is 16.5. The van der Waals surface area contributed by atoms with Crippen LogP contribution in [0.3, 0.4) is 0 Å². The van der Waals surface area contributed by atoms with Crippen molar-refractivity contribution in [1.29, 1.82) is 0 Å². The molecule has 146 valence electrons. The zero-order valence-electron chi connectivity index (χ0n) is 15.7. The number of aromatic nitrogens is 1. The van der Waals surface area contributed by atoms with Crippen molar-refractivity contribution < 1.29 is 18.4 Å². The van der Waals surface area contributed by atoms with E-state index in [1.807, 2.05) is 38.1 Å². The summed E-state index contributed by atoms with van der Waals surface area (Å²) < 4.78 is 23.7. The smallest absolute Gasteiger partial charge is 0.230 e. The molecule has 2 aromatic carbocycles. The number of rotatable bonds is 8. The van der Waals surface area contributed by atoms with Crippen molar-refractivity contribution in [2.45, 2.75) is 26.1 Å². The van der Waals surface area contributed by atoms with Crippen LogP contribution in [0.2, 0.25) is 0 Å². The third-order valence-electron chi connectivity index (χ3n) is 4.12. The van der Waals surface area contributed by atoms with E-state index in [4.69, 9.17) is 9.26 Å². The fraction of sp³-hybridized carbons (Fsp3) is 0.238. The molecule has 5 nitrogen and oxygen atoms in total. The topological polar surface area (TPSA) is 64.4 Å². The number of thioether (sulfide) groups is 1. The number of benzene rings is 2. The fourth-order valence-electron chi connectivity index (χ4n) is 2.52. The number of amides is 1. The van der Waals surface area contributed by atoms with Crippen LogP contribution in [0, 0.1) is 19.7 Å². The van der Waals surface area contributed by atoms with Gasteiger partial charge in [-0.15, -0.1) is 11.8 Å². The molecule has 28 heavy (non-hydrogen) atoms.